The van der Waals surface area contributed by atoms with E-state index in [1.165, 1.54) is 12.3 Å². The topological polar surface area (TPSA) is 134 Å². The van der Waals surface area contributed by atoms with Gasteiger partial charge in [-0.3, -0.25) is 19.2 Å². The van der Waals surface area contributed by atoms with Gasteiger partial charge in [0, 0.05) is 65.6 Å². The average molecular weight is 623 g/mol. The minimum atomic E-state index is -0.647. The van der Waals surface area contributed by atoms with Crippen LogP contribution in [-0.2, 0) is 14.3 Å². The largest absolute Gasteiger partial charge is 0.449 e. The third kappa shape index (κ3) is 6.59. The van der Waals surface area contributed by atoms with Crippen LogP contribution in [0.15, 0.2) is 40.9 Å². The SMILES string of the molecule is O=C(Nc1ccc(Cl)cn1)c1oc2ccc(C(=O)N3CCOCC3)cc2c1NC(=O)C1CCC(C(=O)N(Cl)Cl)CC1. The number of pyridine rings is 1. The monoisotopic (exact) mass is 621 g/mol. The second-order valence-corrected chi connectivity index (χ2v) is 11.1. The minimum absolute atomic E-state index is 0.138. The number of carbonyl (C=O) groups excluding carboxylic acids is 4. The number of nitrogens with one attached hydrogen (secondary N) is 2. The van der Waals surface area contributed by atoms with Gasteiger partial charge in [-0.1, -0.05) is 11.6 Å². The van der Waals surface area contributed by atoms with Crippen molar-refractivity contribution in [2.24, 2.45) is 11.8 Å². The van der Waals surface area contributed by atoms with Crippen LogP contribution < -0.4 is 10.6 Å². The van der Waals surface area contributed by atoms with Gasteiger partial charge in [0.2, 0.25) is 11.7 Å². The standard InChI is InChI=1S/C27H26Cl3N5O6/c28-18-6-8-21(31-14-18)32-25(37)23-22(33-24(36)15-1-3-16(4-2-15)27(39)35(29)30)19-13-17(5-7-20(19)41-23)26(38)34-9-11-40-12-10-34/h5-8,13-16H,1-4,9-12H2,(H,33,36)(H,31,32,37). The summed E-state index contributed by atoms with van der Waals surface area (Å²) in [6.07, 6.45) is 3.11. The summed E-state index contributed by atoms with van der Waals surface area (Å²) in [5.41, 5.74) is 0.832. The van der Waals surface area contributed by atoms with Gasteiger partial charge < -0.3 is 24.7 Å². The maximum atomic E-state index is 13.4. The van der Waals surface area contributed by atoms with Crippen molar-refractivity contribution < 1.29 is 28.3 Å². The van der Waals surface area contributed by atoms with Gasteiger partial charge in [0.25, 0.3) is 17.7 Å². The number of hydrogen-bond acceptors (Lipinski definition) is 7. The highest BCUT2D eigenvalue weighted by Gasteiger charge is 2.33. The molecule has 2 fully saturated rings. The molecule has 0 atom stereocenters. The molecule has 3 heterocycles. The van der Waals surface area contributed by atoms with Gasteiger partial charge in [0.1, 0.15) is 17.1 Å². The van der Waals surface area contributed by atoms with Crippen molar-refractivity contribution in [3.63, 3.8) is 0 Å². The van der Waals surface area contributed by atoms with E-state index >= 15 is 0 Å². The van der Waals surface area contributed by atoms with E-state index < -0.39 is 17.7 Å². The Kier molecular flexibility index (Phi) is 8.98. The molecule has 1 saturated carbocycles. The third-order valence-electron chi connectivity index (χ3n) is 7.27. The van der Waals surface area contributed by atoms with Crippen molar-refractivity contribution in [1.82, 2.24) is 13.8 Å². The molecule has 2 aliphatic rings. The Morgan fingerprint density at radius 1 is 0.951 bits per heavy atom. The Hall–Kier alpha value is -3.38. The van der Waals surface area contributed by atoms with Gasteiger partial charge in [-0.15, -0.1) is 0 Å². The normalized spacial score (nSPS) is 19.0. The number of ether oxygens (including phenoxy) is 1. The van der Waals surface area contributed by atoms with Crippen molar-refractivity contribution in [3.8, 4) is 0 Å². The molecule has 3 aromatic rings. The maximum absolute atomic E-state index is 13.4. The number of aromatic nitrogens is 1. The van der Waals surface area contributed by atoms with E-state index in [-0.39, 0.29) is 35.0 Å². The Morgan fingerprint density at radius 3 is 2.32 bits per heavy atom. The molecule has 4 amide bonds. The molecular formula is C27H26Cl3N5O6. The summed E-state index contributed by atoms with van der Waals surface area (Å²) in [6, 6.07) is 7.92. The number of morpholine rings is 1. The lowest BCUT2D eigenvalue weighted by Crippen LogP contribution is -2.40. The first kappa shape index (κ1) is 29.1. The summed E-state index contributed by atoms with van der Waals surface area (Å²) in [6.45, 7) is 1.82. The van der Waals surface area contributed by atoms with E-state index in [0.29, 0.717) is 77.5 Å². The summed E-state index contributed by atoms with van der Waals surface area (Å²) >= 11 is 17.1. The smallest absolute Gasteiger partial charge is 0.294 e. The Labute approximate surface area is 250 Å². The first-order chi connectivity index (χ1) is 19.7. The van der Waals surface area contributed by atoms with E-state index in [0.717, 1.165) is 0 Å². The van der Waals surface area contributed by atoms with Gasteiger partial charge in [0.05, 0.1) is 18.2 Å². The van der Waals surface area contributed by atoms with Crippen LogP contribution in [0.2, 0.25) is 5.02 Å². The second-order valence-electron chi connectivity index (χ2n) is 9.85. The van der Waals surface area contributed by atoms with E-state index in [4.69, 9.17) is 44.3 Å². The van der Waals surface area contributed by atoms with Crippen molar-refractivity contribution in [2.45, 2.75) is 25.7 Å². The van der Waals surface area contributed by atoms with E-state index in [2.05, 4.69) is 15.6 Å². The summed E-state index contributed by atoms with van der Waals surface area (Å²) in [5.74, 6) is -2.29. The average Bonchev–Trinajstić information content (AvgIpc) is 3.35. The minimum Gasteiger partial charge on any atom is -0.449 e. The van der Waals surface area contributed by atoms with Crippen molar-refractivity contribution >= 4 is 81.3 Å². The van der Waals surface area contributed by atoms with Crippen molar-refractivity contribution in [2.75, 3.05) is 36.9 Å². The summed E-state index contributed by atoms with van der Waals surface area (Å²) in [7, 11) is 0. The molecule has 0 spiro atoms. The highest BCUT2D eigenvalue weighted by molar-refractivity contribution is 6.41. The van der Waals surface area contributed by atoms with Crippen LogP contribution in [0.25, 0.3) is 11.0 Å². The van der Waals surface area contributed by atoms with E-state index in [9.17, 15) is 19.2 Å². The second kappa shape index (κ2) is 12.6. The molecule has 41 heavy (non-hydrogen) atoms. The summed E-state index contributed by atoms with van der Waals surface area (Å²) < 4.78 is 11.8. The van der Waals surface area contributed by atoms with Gasteiger partial charge in [-0.25, -0.2) is 4.98 Å². The van der Waals surface area contributed by atoms with Crippen LogP contribution in [-0.4, -0.2) is 63.8 Å². The number of rotatable bonds is 6. The molecule has 0 unspecified atom stereocenters. The van der Waals surface area contributed by atoms with Gasteiger partial charge in [0.15, 0.2) is 0 Å². The Morgan fingerprint density at radius 2 is 1.66 bits per heavy atom. The summed E-state index contributed by atoms with van der Waals surface area (Å²) in [4.78, 5) is 57.8. The molecule has 1 saturated heterocycles. The van der Waals surface area contributed by atoms with E-state index in [1.54, 1.807) is 29.2 Å². The third-order valence-corrected chi connectivity index (χ3v) is 7.83. The first-order valence-electron chi connectivity index (χ1n) is 13.0. The van der Waals surface area contributed by atoms with Crippen LogP contribution >= 0.6 is 35.2 Å². The number of amides is 4. The fourth-order valence-corrected chi connectivity index (χ4v) is 5.44. The molecule has 0 radical (unpaired) electrons. The highest BCUT2D eigenvalue weighted by atomic mass is 35.5. The zero-order valence-electron chi connectivity index (χ0n) is 21.7. The van der Waals surface area contributed by atoms with Crippen molar-refractivity contribution in [1.29, 1.82) is 0 Å². The molecule has 0 bridgehead atoms. The number of hydrogen-bond donors (Lipinski definition) is 2. The van der Waals surface area contributed by atoms with Crippen molar-refractivity contribution in [3.05, 3.63) is 52.9 Å². The van der Waals surface area contributed by atoms with E-state index in [1.807, 2.05) is 0 Å². The molecule has 14 heteroatoms. The quantitative estimate of drug-likeness (QED) is 0.366. The van der Waals surface area contributed by atoms with Crippen LogP contribution in [0.1, 0.15) is 46.6 Å². The van der Waals surface area contributed by atoms with Crippen LogP contribution in [0.3, 0.4) is 0 Å². The van der Waals surface area contributed by atoms with Crippen LogP contribution in [0, 0.1) is 11.8 Å². The van der Waals surface area contributed by atoms with Gasteiger partial charge in [-0.2, -0.15) is 3.94 Å². The Balaban J connectivity index is 1.43. The fourth-order valence-electron chi connectivity index (χ4n) is 5.05. The lowest BCUT2D eigenvalue weighted by atomic mass is 9.81. The molecule has 11 nitrogen and oxygen atoms in total. The van der Waals surface area contributed by atoms with Crippen LogP contribution in [0.5, 0.6) is 0 Å². The van der Waals surface area contributed by atoms with Gasteiger partial charge in [-0.05, 0) is 56.0 Å². The number of benzene rings is 1. The zero-order chi connectivity index (χ0) is 29.1. The summed E-state index contributed by atoms with van der Waals surface area (Å²) in [5, 5.41) is 6.31. The van der Waals surface area contributed by atoms with Gasteiger partial charge >= 0.3 is 0 Å². The lowest BCUT2D eigenvalue weighted by molar-refractivity contribution is -0.130. The Bertz CT molecular complexity index is 1460. The fraction of sp³-hybridized carbons (Fsp3) is 0.370. The molecule has 216 valence electrons. The first-order valence-corrected chi connectivity index (χ1v) is 14.1. The maximum Gasteiger partial charge on any atom is 0.294 e. The number of carbonyl (C=O) groups is 4. The number of furan rings is 1. The van der Waals surface area contributed by atoms with Crippen LogP contribution in [0.4, 0.5) is 11.5 Å². The zero-order valence-corrected chi connectivity index (χ0v) is 24.0. The highest BCUT2D eigenvalue weighted by Crippen LogP contribution is 2.36. The number of fused-ring (bicyclic) bond motifs is 1. The molecule has 1 aromatic carbocycles. The predicted octanol–water partition coefficient (Wildman–Crippen LogP) is 5.09. The molecule has 2 aromatic heterocycles. The molecule has 1 aliphatic carbocycles. The number of halogens is 3. The lowest BCUT2D eigenvalue weighted by Gasteiger charge is -2.27. The molecule has 2 N–H and O–H groups in total. The molecular weight excluding hydrogens is 597 g/mol. The molecule has 5 rings (SSSR count). The number of anilines is 2. The molecule has 1 aliphatic heterocycles. The predicted molar refractivity (Wildman–Crippen MR) is 153 cm³/mol. The number of nitrogens with zero attached hydrogens (tertiary/aromatic N) is 3.